The molecular formula is C71H106O6. The highest BCUT2D eigenvalue weighted by Crippen LogP contribution is 2.11. The lowest BCUT2D eigenvalue weighted by Crippen LogP contribution is -2.30. The Labute approximate surface area is 471 Å². The number of esters is 3. The number of carbonyl (C=O) groups is 3. The molecule has 0 heterocycles. The first-order valence-electron chi connectivity index (χ1n) is 29.9. The van der Waals surface area contributed by atoms with Crippen LogP contribution in [0.1, 0.15) is 213 Å². The van der Waals surface area contributed by atoms with Crippen molar-refractivity contribution in [3.8, 4) is 0 Å². The fourth-order valence-electron chi connectivity index (χ4n) is 7.20. The van der Waals surface area contributed by atoms with Crippen LogP contribution in [-0.4, -0.2) is 37.2 Å². The van der Waals surface area contributed by atoms with Gasteiger partial charge in [0.1, 0.15) is 13.2 Å². The van der Waals surface area contributed by atoms with E-state index in [1.54, 1.807) is 0 Å². The fraction of sp³-hybridized carbons (Fsp3) is 0.507. The average molecular weight is 1060 g/mol. The first-order valence-corrected chi connectivity index (χ1v) is 29.9. The van der Waals surface area contributed by atoms with Gasteiger partial charge in [-0.25, -0.2) is 0 Å². The average Bonchev–Trinajstić information content (AvgIpc) is 3.43. The van der Waals surface area contributed by atoms with Gasteiger partial charge in [-0.15, -0.1) is 0 Å². The third-order valence-corrected chi connectivity index (χ3v) is 11.6. The third-order valence-electron chi connectivity index (χ3n) is 11.6. The first-order chi connectivity index (χ1) is 38.0. The zero-order valence-corrected chi connectivity index (χ0v) is 48.6. The molecule has 0 bridgehead atoms. The van der Waals surface area contributed by atoms with Gasteiger partial charge in [0.15, 0.2) is 6.10 Å². The molecule has 0 aromatic carbocycles. The Hall–Kier alpha value is -5.75. The summed E-state index contributed by atoms with van der Waals surface area (Å²) in [5, 5.41) is 0. The van der Waals surface area contributed by atoms with Crippen LogP contribution >= 0.6 is 0 Å². The van der Waals surface area contributed by atoms with Gasteiger partial charge in [0.05, 0.1) is 0 Å². The van der Waals surface area contributed by atoms with Crippen molar-refractivity contribution in [3.63, 3.8) is 0 Å². The predicted molar refractivity (Wildman–Crippen MR) is 334 cm³/mol. The minimum absolute atomic E-state index is 0.134. The second-order valence-corrected chi connectivity index (χ2v) is 18.8. The van der Waals surface area contributed by atoms with Crippen LogP contribution in [-0.2, 0) is 28.6 Å². The highest BCUT2D eigenvalue weighted by atomic mass is 16.6. The molecule has 0 aromatic rings. The van der Waals surface area contributed by atoms with Gasteiger partial charge in [-0.05, 0) is 161 Å². The van der Waals surface area contributed by atoms with E-state index >= 15 is 0 Å². The number of rotatable bonds is 51. The zero-order chi connectivity index (χ0) is 55.7. The maximum Gasteiger partial charge on any atom is 0.306 e. The minimum Gasteiger partial charge on any atom is -0.462 e. The predicted octanol–water partition coefficient (Wildman–Crippen LogP) is 20.6. The molecule has 0 spiro atoms. The molecule has 0 amide bonds. The van der Waals surface area contributed by atoms with Crippen LogP contribution in [0, 0.1) is 0 Å². The van der Waals surface area contributed by atoms with Crippen LogP contribution in [0.2, 0.25) is 0 Å². The summed E-state index contributed by atoms with van der Waals surface area (Å²) >= 11 is 0. The Balaban J connectivity index is 4.59. The summed E-state index contributed by atoms with van der Waals surface area (Å²) in [6, 6.07) is 0. The topological polar surface area (TPSA) is 78.9 Å². The first kappa shape index (κ1) is 71.2. The smallest absolute Gasteiger partial charge is 0.306 e. The normalized spacial score (nSPS) is 13.5. The van der Waals surface area contributed by atoms with E-state index in [0.717, 1.165) is 161 Å². The summed E-state index contributed by atoms with van der Waals surface area (Å²) in [5.74, 6) is -1.05. The van der Waals surface area contributed by atoms with Gasteiger partial charge in [0, 0.05) is 19.3 Å². The Bertz CT molecular complexity index is 1880. The maximum absolute atomic E-state index is 12.9. The Morgan fingerprint density at radius 3 is 0.727 bits per heavy atom. The molecule has 0 fully saturated rings. The largest absolute Gasteiger partial charge is 0.462 e. The second-order valence-electron chi connectivity index (χ2n) is 18.8. The van der Waals surface area contributed by atoms with E-state index in [2.05, 4.69) is 215 Å². The van der Waals surface area contributed by atoms with Crippen molar-refractivity contribution in [2.45, 2.75) is 219 Å². The lowest BCUT2D eigenvalue weighted by Gasteiger charge is -2.18. The van der Waals surface area contributed by atoms with E-state index in [1.807, 2.05) is 0 Å². The SMILES string of the molecule is CC/C=C\C/C=C\C/C=C\C/C=C\C/C=C\C/C=C\C/C=C\CCCCCC(=O)OCC(COC(=O)CCCC/C=C\C/C=C\C/C=C\C/C=C\CC)OC(=O)CCCCC/C=C\C/C=C\C/C=C\C/C=C\C/C=C\CC. The number of carbonyl (C=O) groups excluding carboxylic acids is 3. The van der Waals surface area contributed by atoms with Crippen molar-refractivity contribution in [2.75, 3.05) is 13.2 Å². The van der Waals surface area contributed by atoms with Crippen LogP contribution in [0.4, 0.5) is 0 Å². The molecule has 0 aromatic heterocycles. The zero-order valence-electron chi connectivity index (χ0n) is 48.6. The van der Waals surface area contributed by atoms with E-state index in [4.69, 9.17) is 14.2 Å². The molecule has 1 atom stereocenters. The molecule has 0 aliphatic rings. The summed E-state index contributed by atoms with van der Waals surface area (Å²) in [5.41, 5.74) is 0. The van der Waals surface area contributed by atoms with Gasteiger partial charge in [-0.2, -0.15) is 0 Å². The molecule has 6 heteroatoms. The van der Waals surface area contributed by atoms with Crippen molar-refractivity contribution in [3.05, 3.63) is 194 Å². The van der Waals surface area contributed by atoms with E-state index in [-0.39, 0.29) is 44.0 Å². The summed E-state index contributed by atoms with van der Waals surface area (Å²) in [6.45, 7) is 6.18. The van der Waals surface area contributed by atoms with Crippen molar-refractivity contribution in [2.24, 2.45) is 0 Å². The van der Waals surface area contributed by atoms with E-state index in [1.165, 1.54) is 0 Å². The number of unbranched alkanes of at least 4 members (excludes halogenated alkanes) is 8. The molecule has 1 unspecified atom stereocenters. The Morgan fingerprint density at radius 2 is 0.468 bits per heavy atom. The summed E-state index contributed by atoms with van der Waals surface area (Å²) in [7, 11) is 0. The van der Waals surface area contributed by atoms with E-state index < -0.39 is 6.10 Å². The second kappa shape index (κ2) is 62.8. The third kappa shape index (κ3) is 61.0. The van der Waals surface area contributed by atoms with Crippen molar-refractivity contribution in [1.29, 1.82) is 0 Å². The summed E-state index contributed by atoms with van der Waals surface area (Å²) in [4.78, 5) is 38.2. The van der Waals surface area contributed by atoms with Gasteiger partial charge >= 0.3 is 17.9 Å². The molecule has 0 radical (unpaired) electrons. The van der Waals surface area contributed by atoms with Crippen LogP contribution in [0.15, 0.2) is 194 Å². The Kier molecular flexibility index (Phi) is 58.1. The van der Waals surface area contributed by atoms with Crippen LogP contribution in [0.3, 0.4) is 0 Å². The van der Waals surface area contributed by atoms with Crippen molar-refractivity contribution in [1.82, 2.24) is 0 Å². The van der Waals surface area contributed by atoms with Crippen LogP contribution in [0.25, 0.3) is 0 Å². The fourth-order valence-corrected chi connectivity index (χ4v) is 7.20. The molecule has 77 heavy (non-hydrogen) atoms. The molecule has 0 N–H and O–H groups in total. The van der Waals surface area contributed by atoms with E-state index in [9.17, 15) is 14.4 Å². The molecular weight excluding hydrogens is 949 g/mol. The number of hydrogen-bond acceptors (Lipinski definition) is 6. The molecule has 0 saturated carbocycles. The van der Waals surface area contributed by atoms with Crippen molar-refractivity contribution >= 4 is 17.9 Å². The Morgan fingerprint density at radius 1 is 0.260 bits per heavy atom. The number of ether oxygens (including phenoxy) is 3. The van der Waals surface area contributed by atoms with E-state index in [0.29, 0.717) is 19.3 Å². The monoisotopic (exact) mass is 1050 g/mol. The minimum atomic E-state index is -0.840. The molecule has 0 rings (SSSR count). The van der Waals surface area contributed by atoms with Crippen LogP contribution < -0.4 is 0 Å². The lowest BCUT2D eigenvalue weighted by molar-refractivity contribution is -0.167. The lowest BCUT2D eigenvalue weighted by atomic mass is 10.1. The summed E-state index contributed by atoms with van der Waals surface area (Å²) in [6.07, 6.45) is 95.7. The summed E-state index contributed by atoms with van der Waals surface area (Å²) < 4.78 is 16.8. The van der Waals surface area contributed by atoms with Gasteiger partial charge in [-0.3, -0.25) is 14.4 Å². The number of hydrogen-bond donors (Lipinski definition) is 0. The van der Waals surface area contributed by atoms with Gasteiger partial charge in [0.2, 0.25) is 0 Å². The molecule has 0 aliphatic carbocycles. The van der Waals surface area contributed by atoms with Crippen LogP contribution in [0.5, 0.6) is 0 Å². The molecule has 0 saturated heterocycles. The number of allylic oxidation sites excluding steroid dienone is 32. The maximum atomic E-state index is 12.9. The highest BCUT2D eigenvalue weighted by Gasteiger charge is 2.19. The highest BCUT2D eigenvalue weighted by molar-refractivity contribution is 5.71. The van der Waals surface area contributed by atoms with Gasteiger partial charge in [-0.1, -0.05) is 228 Å². The van der Waals surface area contributed by atoms with Crippen molar-refractivity contribution < 1.29 is 28.6 Å². The molecule has 6 nitrogen and oxygen atoms in total. The standard InChI is InChI=1S/C71H106O6/c1-4-7-10-13-16-19-22-25-28-30-32-33-34-35-36-37-39-40-43-46-49-52-55-58-61-64-70(73)76-67-68(66-75-69(72)63-60-57-54-51-48-45-42-27-24-21-18-15-12-9-6-3)77-71(74)65-62-59-56-53-50-47-44-41-38-31-29-26-23-20-17-14-11-8-5-2/h7-12,16-21,25-29,32-33,35-36,38-42,46-51,68H,4-6,13-15,22-24,30-31,34,37,43-45,52-67H2,1-3H3/b10-7-,11-8-,12-9-,19-16-,20-17-,21-18-,28-25-,29-26-,33-32-,36-35-,40-39-,41-38-,42-27-,49-46-,50-47-,51-48-. The van der Waals surface area contributed by atoms with Gasteiger partial charge in [0.25, 0.3) is 0 Å². The quantitative estimate of drug-likeness (QED) is 0.0261. The van der Waals surface area contributed by atoms with Gasteiger partial charge < -0.3 is 14.2 Å². The molecule has 426 valence electrons. The molecule has 0 aliphatic heterocycles.